The normalized spacial score (nSPS) is 13.5. The number of aromatic nitrogens is 2. The number of fused-ring (bicyclic) bond motifs is 2. The van der Waals surface area contributed by atoms with Crippen LogP contribution in [0.2, 0.25) is 0 Å². The molecule has 33 heavy (non-hydrogen) atoms. The second-order valence-corrected chi connectivity index (χ2v) is 10.8. The highest BCUT2D eigenvalue weighted by atomic mass is 32.2. The zero-order valence-electron chi connectivity index (χ0n) is 18.7. The molecule has 5 rings (SSSR count). The van der Waals surface area contributed by atoms with E-state index in [0.717, 1.165) is 38.5 Å². The van der Waals surface area contributed by atoms with Gasteiger partial charge in [-0.25, -0.2) is 8.60 Å². The van der Waals surface area contributed by atoms with Gasteiger partial charge in [-0.3, -0.25) is 4.98 Å². The highest BCUT2D eigenvalue weighted by molar-refractivity contribution is 7.93. The maximum Gasteiger partial charge on any atom is 0.148 e. The first-order chi connectivity index (χ1) is 15.8. The second-order valence-electron chi connectivity index (χ2n) is 8.53. The molecule has 166 valence electrons. The lowest BCUT2D eigenvalue weighted by atomic mass is 9.92. The fourth-order valence-electron chi connectivity index (χ4n) is 4.19. The monoisotopic (exact) mass is 457 g/mol. The largest absolute Gasteiger partial charge is 0.342 e. The number of hydrogen-bond donors (Lipinski definition) is 1. The molecule has 0 spiro atoms. The van der Waals surface area contributed by atoms with Crippen LogP contribution < -0.4 is 0 Å². The molecule has 4 nitrogen and oxygen atoms in total. The van der Waals surface area contributed by atoms with E-state index < -0.39 is 9.73 Å². The lowest BCUT2D eigenvalue weighted by Crippen LogP contribution is -2.01. The van der Waals surface area contributed by atoms with Gasteiger partial charge in [-0.15, -0.1) is 0 Å². The Labute approximate surface area is 192 Å². The van der Waals surface area contributed by atoms with Gasteiger partial charge in [0.15, 0.2) is 0 Å². The minimum Gasteiger partial charge on any atom is -0.342 e. The quantitative estimate of drug-likeness (QED) is 0.305. The Hall–Kier alpha value is -3.51. The van der Waals surface area contributed by atoms with Crippen LogP contribution in [0.3, 0.4) is 0 Å². The SMILES string of the molecule is CC(C)c1[nH]c(N=S(C)(=O)c2ccccc2)c2cc3nccc3cc2c1-c1ccc(F)cc1. The first-order valence-corrected chi connectivity index (χ1v) is 12.7. The van der Waals surface area contributed by atoms with Crippen molar-refractivity contribution in [1.29, 1.82) is 0 Å². The number of H-pyrrole nitrogens is 1. The average molecular weight is 458 g/mol. The molecule has 0 fully saturated rings. The van der Waals surface area contributed by atoms with Crippen molar-refractivity contribution >= 4 is 37.2 Å². The third-order valence-corrected chi connectivity index (χ3v) is 7.52. The van der Waals surface area contributed by atoms with E-state index in [1.165, 1.54) is 12.1 Å². The smallest absolute Gasteiger partial charge is 0.148 e. The molecule has 3 aromatic carbocycles. The third-order valence-electron chi connectivity index (χ3n) is 5.84. The van der Waals surface area contributed by atoms with E-state index >= 15 is 0 Å². The minimum absolute atomic E-state index is 0.126. The Kier molecular flexibility index (Phi) is 5.25. The van der Waals surface area contributed by atoms with Crippen LogP contribution in [0.5, 0.6) is 0 Å². The summed E-state index contributed by atoms with van der Waals surface area (Å²) in [7, 11) is -2.70. The van der Waals surface area contributed by atoms with Crippen LogP contribution in [0, 0.1) is 5.82 Å². The summed E-state index contributed by atoms with van der Waals surface area (Å²) in [5.41, 5.74) is 3.70. The number of nitrogens with zero attached hydrogens (tertiary/aromatic N) is 2. The van der Waals surface area contributed by atoms with E-state index in [-0.39, 0.29) is 11.7 Å². The number of hydrogen-bond acceptors (Lipinski definition) is 3. The molecule has 0 aliphatic carbocycles. The Morgan fingerprint density at radius 2 is 1.70 bits per heavy atom. The van der Waals surface area contributed by atoms with Crippen LogP contribution in [-0.4, -0.2) is 20.4 Å². The number of halogens is 1. The second kappa shape index (κ2) is 8.12. The van der Waals surface area contributed by atoms with Crippen LogP contribution in [0.4, 0.5) is 10.2 Å². The summed E-state index contributed by atoms with van der Waals surface area (Å²) in [6, 6.07) is 21.9. The van der Waals surface area contributed by atoms with E-state index in [1.54, 1.807) is 24.6 Å². The maximum absolute atomic E-state index is 13.7. The van der Waals surface area contributed by atoms with Crippen LogP contribution in [-0.2, 0) is 9.73 Å². The van der Waals surface area contributed by atoms with Gasteiger partial charge in [0, 0.05) is 39.4 Å². The molecule has 0 radical (unpaired) electrons. The molecule has 2 aromatic heterocycles. The Morgan fingerprint density at radius 1 is 0.970 bits per heavy atom. The fourth-order valence-corrected chi connectivity index (χ4v) is 5.45. The zero-order valence-corrected chi connectivity index (χ0v) is 19.5. The molecule has 6 heteroatoms. The number of benzene rings is 3. The van der Waals surface area contributed by atoms with Gasteiger partial charge >= 0.3 is 0 Å². The van der Waals surface area contributed by atoms with Crippen LogP contribution in [0.25, 0.3) is 32.8 Å². The van der Waals surface area contributed by atoms with E-state index in [4.69, 9.17) is 4.36 Å². The van der Waals surface area contributed by atoms with Gasteiger partial charge in [0.2, 0.25) is 0 Å². The highest BCUT2D eigenvalue weighted by Gasteiger charge is 2.19. The molecule has 1 unspecified atom stereocenters. The standard InChI is InChI=1S/C27H24FN3OS/c1-17(2)26-25(18-9-11-20(28)12-10-18)22-15-19-13-14-29-24(19)16-23(22)27(30-26)31-33(3,32)21-7-5-4-6-8-21/h4-17,30H,1-3H3. The van der Waals surface area contributed by atoms with Gasteiger partial charge < -0.3 is 4.98 Å². The molecule has 0 saturated heterocycles. The van der Waals surface area contributed by atoms with Crippen LogP contribution in [0.15, 0.2) is 88.3 Å². The molecular formula is C27H24FN3OS. The first-order valence-electron chi connectivity index (χ1n) is 10.8. The molecule has 0 saturated carbocycles. The molecule has 1 N–H and O–H groups in total. The maximum atomic E-state index is 13.7. The Bertz CT molecular complexity index is 1600. The van der Waals surface area contributed by atoms with Gasteiger partial charge in [-0.05, 0) is 59.3 Å². The third kappa shape index (κ3) is 3.91. The molecule has 0 amide bonds. The van der Waals surface area contributed by atoms with Gasteiger partial charge in [-0.1, -0.05) is 44.2 Å². The molecular weight excluding hydrogens is 433 g/mol. The zero-order chi connectivity index (χ0) is 23.2. The topological polar surface area (TPSA) is 58.1 Å². The Morgan fingerprint density at radius 3 is 2.39 bits per heavy atom. The lowest BCUT2D eigenvalue weighted by Gasteiger charge is -2.19. The van der Waals surface area contributed by atoms with Crippen LogP contribution >= 0.6 is 0 Å². The predicted octanol–water partition coefficient (Wildman–Crippen LogP) is 7.43. The molecule has 5 aromatic rings. The number of aromatic amines is 1. The number of rotatable bonds is 4. The van der Waals surface area contributed by atoms with E-state index in [0.29, 0.717) is 10.7 Å². The summed E-state index contributed by atoms with van der Waals surface area (Å²) in [5.74, 6) is 0.406. The van der Waals surface area contributed by atoms with Gasteiger partial charge in [0.1, 0.15) is 11.6 Å². The lowest BCUT2D eigenvalue weighted by molar-refractivity contribution is 0.628. The molecule has 0 aliphatic heterocycles. The fraction of sp³-hybridized carbons (Fsp3) is 0.148. The van der Waals surface area contributed by atoms with Crippen molar-refractivity contribution in [3.8, 4) is 11.1 Å². The molecule has 2 heterocycles. The summed E-state index contributed by atoms with van der Waals surface area (Å²) in [5, 5.41) is 2.81. The van der Waals surface area contributed by atoms with Crippen molar-refractivity contribution in [1.82, 2.24) is 9.97 Å². The van der Waals surface area contributed by atoms with Gasteiger partial charge in [-0.2, -0.15) is 4.36 Å². The molecule has 0 bridgehead atoms. The number of pyridine rings is 1. The summed E-state index contributed by atoms with van der Waals surface area (Å²) in [4.78, 5) is 8.62. The summed E-state index contributed by atoms with van der Waals surface area (Å²) < 4.78 is 32.1. The summed E-state index contributed by atoms with van der Waals surface area (Å²) in [6.07, 6.45) is 3.43. The van der Waals surface area contributed by atoms with Crippen molar-refractivity contribution < 1.29 is 8.60 Å². The summed E-state index contributed by atoms with van der Waals surface area (Å²) in [6.45, 7) is 4.19. The van der Waals surface area contributed by atoms with E-state index in [1.807, 2.05) is 42.5 Å². The van der Waals surface area contributed by atoms with Gasteiger partial charge in [0.05, 0.1) is 15.2 Å². The minimum atomic E-state index is -2.70. The first kappa shape index (κ1) is 21.3. The van der Waals surface area contributed by atoms with Crippen molar-refractivity contribution in [3.63, 3.8) is 0 Å². The molecule has 0 aliphatic rings. The van der Waals surface area contributed by atoms with Gasteiger partial charge in [0.25, 0.3) is 0 Å². The van der Waals surface area contributed by atoms with Crippen molar-refractivity contribution in [2.45, 2.75) is 24.7 Å². The van der Waals surface area contributed by atoms with Crippen LogP contribution in [0.1, 0.15) is 25.5 Å². The van der Waals surface area contributed by atoms with Crippen molar-refractivity contribution in [2.24, 2.45) is 4.36 Å². The van der Waals surface area contributed by atoms with E-state index in [9.17, 15) is 8.60 Å². The van der Waals surface area contributed by atoms with Crippen molar-refractivity contribution in [2.75, 3.05) is 6.26 Å². The summed E-state index contributed by atoms with van der Waals surface area (Å²) >= 11 is 0. The highest BCUT2D eigenvalue weighted by Crippen LogP contribution is 2.41. The predicted molar refractivity (Wildman–Crippen MR) is 134 cm³/mol. The number of nitrogens with one attached hydrogen (secondary N) is 1. The van der Waals surface area contributed by atoms with Crippen molar-refractivity contribution in [3.05, 3.63) is 90.5 Å². The average Bonchev–Trinajstić information content (AvgIpc) is 3.26. The Balaban J connectivity index is 1.90. The van der Waals surface area contributed by atoms with E-state index in [2.05, 4.69) is 29.9 Å². The molecule has 1 atom stereocenters.